The molecule has 0 saturated carbocycles. The largest absolute Gasteiger partial charge is 0.393 e. The molecule has 28 heavy (non-hydrogen) atoms. The first-order valence-corrected chi connectivity index (χ1v) is 9.85. The van der Waals surface area contributed by atoms with E-state index >= 15 is 0 Å². The number of Topliss-reactive ketones (excluding diaryl/α,β-unsaturated/α-hetero) is 1. The minimum Gasteiger partial charge on any atom is -0.393 e. The van der Waals surface area contributed by atoms with E-state index in [2.05, 4.69) is 5.32 Å². The Hall–Kier alpha value is -1.32. The number of hydrogen-bond donors (Lipinski definition) is 4. The molecule has 0 aromatic carbocycles. The average Bonchev–Trinajstić information content (AvgIpc) is 3.38. The molecule has 2 aliphatic heterocycles. The van der Waals surface area contributed by atoms with Crippen molar-refractivity contribution < 1.29 is 34.4 Å². The smallest absolute Gasteiger partial charge is 0.244 e. The lowest BCUT2D eigenvalue weighted by atomic mass is 9.85. The van der Waals surface area contributed by atoms with E-state index in [-0.39, 0.29) is 42.3 Å². The van der Waals surface area contributed by atoms with Gasteiger partial charge in [0.25, 0.3) is 0 Å². The highest BCUT2D eigenvalue weighted by Gasteiger charge is 2.48. The second-order valence-electron chi connectivity index (χ2n) is 8.20. The van der Waals surface area contributed by atoms with Crippen LogP contribution in [0.15, 0.2) is 11.6 Å². The maximum Gasteiger partial charge on any atom is 0.244 e. The van der Waals surface area contributed by atoms with E-state index in [1.807, 2.05) is 6.92 Å². The summed E-state index contributed by atoms with van der Waals surface area (Å²) in [4.78, 5) is 22.6. The number of amides is 1. The van der Waals surface area contributed by atoms with Crippen molar-refractivity contribution in [1.82, 2.24) is 5.32 Å². The van der Waals surface area contributed by atoms with Crippen molar-refractivity contribution in [3.05, 3.63) is 11.6 Å². The Morgan fingerprint density at radius 1 is 1.18 bits per heavy atom. The van der Waals surface area contributed by atoms with Crippen LogP contribution in [0.25, 0.3) is 0 Å². The third-order valence-electron chi connectivity index (χ3n) is 5.59. The molecule has 0 radical (unpaired) electrons. The Bertz CT molecular complexity index is 591. The predicted molar refractivity (Wildman–Crippen MR) is 101 cm³/mol. The van der Waals surface area contributed by atoms with Crippen LogP contribution in [0.2, 0.25) is 0 Å². The van der Waals surface area contributed by atoms with Crippen LogP contribution in [-0.2, 0) is 19.1 Å². The fourth-order valence-electron chi connectivity index (χ4n) is 3.57. The van der Waals surface area contributed by atoms with E-state index in [4.69, 9.17) is 9.47 Å². The van der Waals surface area contributed by atoms with Crippen LogP contribution in [0, 0.1) is 11.8 Å². The molecule has 160 valence electrons. The van der Waals surface area contributed by atoms with Crippen LogP contribution in [-0.4, -0.2) is 76.8 Å². The highest BCUT2D eigenvalue weighted by atomic mass is 16.6. The Kier molecular flexibility index (Phi) is 8.15. The predicted octanol–water partition coefficient (Wildman–Crippen LogP) is -0.0608. The van der Waals surface area contributed by atoms with Gasteiger partial charge in [-0.2, -0.15) is 0 Å². The minimum absolute atomic E-state index is 0.0197. The summed E-state index contributed by atoms with van der Waals surface area (Å²) in [5, 5.41) is 33.0. The summed E-state index contributed by atoms with van der Waals surface area (Å²) in [7, 11) is 0. The van der Waals surface area contributed by atoms with Crippen LogP contribution in [0.1, 0.15) is 40.5 Å². The number of epoxide rings is 1. The maximum atomic E-state index is 11.7. The number of aliphatic hydroxyl groups is 3. The summed E-state index contributed by atoms with van der Waals surface area (Å²) < 4.78 is 11.4. The molecule has 2 aliphatic rings. The molecule has 1 amide bonds. The fraction of sp³-hybridized carbons (Fsp3) is 0.800. The Morgan fingerprint density at radius 2 is 1.86 bits per heavy atom. The number of aliphatic hydroxyl groups excluding tert-OH is 3. The van der Waals surface area contributed by atoms with Crippen LogP contribution < -0.4 is 5.32 Å². The zero-order valence-electron chi connectivity index (χ0n) is 17.0. The lowest BCUT2D eigenvalue weighted by Gasteiger charge is -2.38. The SMILES string of the molecule is CC(=O)CNC(=O)/C=C(\C)C[C@@H]1OC[C@H](C[C@@H]2O[C@H]2[C@@H](C)[C@H](C)O)[C@@H](O)[C@H]1O. The zero-order chi connectivity index (χ0) is 21.0. The van der Waals surface area contributed by atoms with E-state index in [1.54, 1.807) is 13.8 Å². The average molecular weight is 399 g/mol. The molecule has 2 rings (SSSR count). The third-order valence-corrected chi connectivity index (χ3v) is 5.59. The summed E-state index contributed by atoms with van der Waals surface area (Å²) in [6.45, 7) is 7.05. The summed E-state index contributed by atoms with van der Waals surface area (Å²) in [6, 6.07) is 0. The molecule has 0 bridgehead atoms. The van der Waals surface area contributed by atoms with Crippen molar-refractivity contribution >= 4 is 11.7 Å². The normalized spacial score (nSPS) is 35.2. The number of rotatable bonds is 9. The van der Waals surface area contributed by atoms with Crippen LogP contribution in [0.3, 0.4) is 0 Å². The van der Waals surface area contributed by atoms with Gasteiger partial charge in [0, 0.05) is 17.9 Å². The molecular formula is C20H33NO7. The van der Waals surface area contributed by atoms with Crippen LogP contribution in [0.4, 0.5) is 0 Å². The van der Waals surface area contributed by atoms with Gasteiger partial charge in [-0.15, -0.1) is 0 Å². The molecule has 8 heteroatoms. The van der Waals surface area contributed by atoms with Gasteiger partial charge in [0.15, 0.2) is 0 Å². The van der Waals surface area contributed by atoms with Gasteiger partial charge in [-0.3, -0.25) is 9.59 Å². The Balaban J connectivity index is 1.81. The van der Waals surface area contributed by atoms with Gasteiger partial charge in [-0.25, -0.2) is 0 Å². The quantitative estimate of drug-likeness (QED) is 0.316. The summed E-state index contributed by atoms with van der Waals surface area (Å²) >= 11 is 0. The Labute approximate surface area is 165 Å². The van der Waals surface area contributed by atoms with E-state index < -0.39 is 24.4 Å². The van der Waals surface area contributed by atoms with Crippen molar-refractivity contribution in [1.29, 1.82) is 0 Å². The van der Waals surface area contributed by atoms with Crippen LogP contribution >= 0.6 is 0 Å². The number of ether oxygens (including phenoxy) is 2. The van der Waals surface area contributed by atoms with Crippen molar-refractivity contribution in [3.63, 3.8) is 0 Å². The van der Waals surface area contributed by atoms with E-state index in [9.17, 15) is 24.9 Å². The highest BCUT2D eigenvalue weighted by Crippen LogP contribution is 2.38. The summed E-state index contributed by atoms with van der Waals surface area (Å²) in [5.74, 6) is -0.734. The zero-order valence-corrected chi connectivity index (χ0v) is 17.0. The summed E-state index contributed by atoms with van der Waals surface area (Å²) in [5.41, 5.74) is 0.687. The Morgan fingerprint density at radius 3 is 2.46 bits per heavy atom. The second-order valence-corrected chi connectivity index (χ2v) is 8.20. The van der Waals surface area contributed by atoms with Crippen molar-refractivity contribution in [2.45, 2.75) is 77.2 Å². The van der Waals surface area contributed by atoms with Crippen LogP contribution in [0.5, 0.6) is 0 Å². The molecule has 2 saturated heterocycles. The van der Waals surface area contributed by atoms with Crippen molar-refractivity contribution in [2.24, 2.45) is 11.8 Å². The van der Waals surface area contributed by atoms with E-state index in [1.165, 1.54) is 13.0 Å². The molecule has 0 aromatic heterocycles. The maximum absolute atomic E-state index is 11.7. The first-order valence-electron chi connectivity index (χ1n) is 9.85. The number of hydrogen-bond acceptors (Lipinski definition) is 7. The molecular weight excluding hydrogens is 366 g/mol. The topological polar surface area (TPSA) is 129 Å². The molecule has 0 unspecified atom stereocenters. The van der Waals surface area contributed by atoms with Crippen molar-refractivity contribution in [2.75, 3.05) is 13.2 Å². The van der Waals surface area contributed by atoms with Gasteiger partial charge < -0.3 is 30.1 Å². The van der Waals surface area contributed by atoms with Gasteiger partial charge in [0.2, 0.25) is 5.91 Å². The minimum atomic E-state index is -1.06. The lowest BCUT2D eigenvalue weighted by molar-refractivity contribution is -0.165. The molecule has 8 nitrogen and oxygen atoms in total. The number of carbonyl (C=O) groups is 2. The molecule has 0 aliphatic carbocycles. The van der Waals surface area contributed by atoms with Gasteiger partial charge >= 0.3 is 0 Å². The fourth-order valence-corrected chi connectivity index (χ4v) is 3.57. The third kappa shape index (κ3) is 6.35. The first kappa shape index (κ1) is 23.0. The monoisotopic (exact) mass is 399 g/mol. The standard InChI is InChI=1S/C20H33NO7/c1-10(6-17(24)21-8-11(2)22)5-15-19(26)18(25)14(9-27-15)7-16-20(28-16)12(3)13(4)23/h6,12-16,18-20,23,25-26H,5,7-9H2,1-4H3,(H,21,24)/b10-6+/t12-,13-,14-,15-,16-,18+,19-,20-/m0/s1. The van der Waals surface area contributed by atoms with Gasteiger partial charge in [-0.05, 0) is 33.6 Å². The van der Waals surface area contributed by atoms with Gasteiger partial charge in [0.1, 0.15) is 11.9 Å². The van der Waals surface area contributed by atoms with Gasteiger partial charge in [-0.1, -0.05) is 12.5 Å². The molecule has 2 heterocycles. The summed E-state index contributed by atoms with van der Waals surface area (Å²) in [6.07, 6.45) is -0.884. The van der Waals surface area contributed by atoms with Crippen molar-refractivity contribution in [3.8, 4) is 0 Å². The van der Waals surface area contributed by atoms with Gasteiger partial charge in [0.05, 0.1) is 43.7 Å². The molecule has 4 N–H and O–H groups in total. The number of nitrogens with one attached hydrogen (secondary N) is 1. The molecule has 0 aromatic rings. The lowest BCUT2D eigenvalue weighted by Crippen LogP contribution is -2.50. The first-order chi connectivity index (χ1) is 13.1. The number of ketones is 1. The molecule has 2 fully saturated rings. The highest BCUT2D eigenvalue weighted by molar-refractivity contribution is 5.91. The molecule has 0 spiro atoms. The second kappa shape index (κ2) is 9.93. The number of carbonyl (C=O) groups excluding carboxylic acids is 2. The van der Waals surface area contributed by atoms with E-state index in [0.29, 0.717) is 25.0 Å². The molecule has 8 atom stereocenters. The van der Waals surface area contributed by atoms with E-state index in [0.717, 1.165) is 0 Å².